The summed E-state index contributed by atoms with van der Waals surface area (Å²) in [6.07, 6.45) is 0. The summed E-state index contributed by atoms with van der Waals surface area (Å²) < 4.78 is 0. The fraction of sp³-hybridized carbons (Fsp3) is 0.0909. The van der Waals surface area contributed by atoms with Crippen LogP contribution in [0.5, 0.6) is 0 Å². The molecule has 0 saturated carbocycles. The van der Waals surface area contributed by atoms with E-state index in [0.717, 1.165) is 5.56 Å². The van der Waals surface area contributed by atoms with Gasteiger partial charge in [0.25, 0.3) is 5.91 Å². The lowest BCUT2D eigenvalue weighted by atomic mass is 10.1. The van der Waals surface area contributed by atoms with E-state index < -0.39 is 5.91 Å². The van der Waals surface area contributed by atoms with Crippen molar-refractivity contribution in [2.75, 3.05) is 0 Å². The van der Waals surface area contributed by atoms with Gasteiger partial charge in [-0.05, 0) is 19.1 Å². The van der Waals surface area contributed by atoms with Gasteiger partial charge in [0.2, 0.25) is 5.56 Å². The standard InChI is InChI=1S/C11H11N3O2/c1-6-2-3-9-7(4-6)8(11(16)14-12)5-10(15)13-9/h2-5H,12H2,1H3,(H,13,15)(H,14,16). The van der Waals surface area contributed by atoms with Crippen molar-refractivity contribution in [2.24, 2.45) is 5.84 Å². The zero-order valence-electron chi connectivity index (χ0n) is 8.70. The first-order valence-corrected chi connectivity index (χ1v) is 4.76. The van der Waals surface area contributed by atoms with Crippen LogP contribution in [0.2, 0.25) is 0 Å². The molecule has 82 valence electrons. The molecule has 1 aromatic heterocycles. The average molecular weight is 217 g/mol. The molecule has 1 heterocycles. The van der Waals surface area contributed by atoms with E-state index in [1.165, 1.54) is 6.07 Å². The molecule has 0 aliphatic heterocycles. The van der Waals surface area contributed by atoms with Crippen molar-refractivity contribution in [1.29, 1.82) is 0 Å². The van der Waals surface area contributed by atoms with Crippen molar-refractivity contribution >= 4 is 16.8 Å². The zero-order chi connectivity index (χ0) is 11.7. The molecule has 2 aromatic rings. The van der Waals surface area contributed by atoms with E-state index in [-0.39, 0.29) is 11.1 Å². The average Bonchev–Trinajstić information content (AvgIpc) is 2.27. The summed E-state index contributed by atoms with van der Waals surface area (Å²) in [5, 5.41) is 0.683. The quantitative estimate of drug-likeness (QED) is 0.368. The Morgan fingerprint density at radius 2 is 2.12 bits per heavy atom. The number of benzene rings is 1. The van der Waals surface area contributed by atoms with Crippen molar-refractivity contribution in [3.63, 3.8) is 0 Å². The molecule has 16 heavy (non-hydrogen) atoms. The van der Waals surface area contributed by atoms with Crippen LogP contribution in [-0.2, 0) is 0 Å². The first-order chi connectivity index (χ1) is 7.61. The summed E-state index contributed by atoms with van der Waals surface area (Å²) in [5.74, 6) is 4.60. The Kier molecular flexibility index (Phi) is 2.46. The van der Waals surface area contributed by atoms with E-state index in [0.29, 0.717) is 10.9 Å². The van der Waals surface area contributed by atoms with E-state index in [1.54, 1.807) is 6.07 Å². The van der Waals surface area contributed by atoms with Gasteiger partial charge in [0.05, 0.1) is 5.56 Å². The van der Waals surface area contributed by atoms with E-state index in [2.05, 4.69) is 4.98 Å². The highest BCUT2D eigenvalue weighted by molar-refractivity contribution is 6.05. The van der Waals surface area contributed by atoms with Gasteiger partial charge in [0.15, 0.2) is 0 Å². The number of nitrogens with one attached hydrogen (secondary N) is 2. The fourth-order valence-corrected chi connectivity index (χ4v) is 1.63. The van der Waals surface area contributed by atoms with Crippen LogP contribution in [0.25, 0.3) is 10.9 Å². The predicted octanol–water partition coefficient (Wildman–Crippen LogP) is 0.440. The molecule has 0 bridgehead atoms. The first kappa shape index (κ1) is 10.4. The Labute approximate surface area is 91.2 Å². The number of aromatic nitrogens is 1. The molecular weight excluding hydrogens is 206 g/mol. The number of aromatic amines is 1. The highest BCUT2D eigenvalue weighted by atomic mass is 16.2. The van der Waals surface area contributed by atoms with Crippen LogP contribution in [0.4, 0.5) is 0 Å². The molecule has 2 rings (SSSR count). The highest BCUT2D eigenvalue weighted by Gasteiger charge is 2.10. The lowest BCUT2D eigenvalue weighted by Crippen LogP contribution is -2.31. The van der Waals surface area contributed by atoms with Gasteiger partial charge in [0.1, 0.15) is 0 Å². The number of fused-ring (bicyclic) bond motifs is 1. The molecule has 4 N–H and O–H groups in total. The Morgan fingerprint density at radius 3 is 2.81 bits per heavy atom. The van der Waals surface area contributed by atoms with E-state index >= 15 is 0 Å². The minimum Gasteiger partial charge on any atom is -0.322 e. The van der Waals surface area contributed by atoms with Gasteiger partial charge < -0.3 is 4.98 Å². The molecule has 1 aromatic carbocycles. The summed E-state index contributed by atoms with van der Waals surface area (Å²) in [6, 6.07) is 6.70. The maximum absolute atomic E-state index is 11.5. The molecule has 0 aliphatic rings. The Bertz CT molecular complexity index is 616. The van der Waals surface area contributed by atoms with Crippen molar-refractivity contribution < 1.29 is 4.79 Å². The fourth-order valence-electron chi connectivity index (χ4n) is 1.63. The van der Waals surface area contributed by atoms with Gasteiger partial charge in [-0.1, -0.05) is 11.6 Å². The van der Waals surface area contributed by atoms with Crippen molar-refractivity contribution in [3.05, 3.63) is 45.7 Å². The largest absolute Gasteiger partial charge is 0.322 e. The van der Waals surface area contributed by atoms with Gasteiger partial charge in [-0.15, -0.1) is 0 Å². The van der Waals surface area contributed by atoms with Gasteiger partial charge in [-0.2, -0.15) is 0 Å². The molecule has 5 nitrogen and oxygen atoms in total. The molecule has 0 aliphatic carbocycles. The van der Waals surface area contributed by atoms with Gasteiger partial charge in [-0.3, -0.25) is 15.0 Å². The number of hydrazine groups is 1. The van der Waals surface area contributed by atoms with Crippen LogP contribution in [0.1, 0.15) is 15.9 Å². The summed E-state index contributed by atoms with van der Waals surface area (Å²) >= 11 is 0. The van der Waals surface area contributed by atoms with E-state index in [9.17, 15) is 9.59 Å². The number of pyridine rings is 1. The van der Waals surface area contributed by atoms with Crippen LogP contribution in [0.15, 0.2) is 29.1 Å². The number of carbonyl (C=O) groups is 1. The summed E-state index contributed by atoms with van der Waals surface area (Å²) in [6.45, 7) is 1.91. The lowest BCUT2D eigenvalue weighted by Gasteiger charge is -2.05. The molecule has 0 spiro atoms. The van der Waals surface area contributed by atoms with Crippen molar-refractivity contribution in [1.82, 2.24) is 10.4 Å². The van der Waals surface area contributed by atoms with Gasteiger partial charge >= 0.3 is 0 Å². The molecular formula is C11H11N3O2. The van der Waals surface area contributed by atoms with Crippen molar-refractivity contribution in [3.8, 4) is 0 Å². The third-order valence-electron chi connectivity index (χ3n) is 2.37. The van der Waals surface area contributed by atoms with Gasteiger partial charge in [0, 0.05) is 17.0 Å². The number of H-pyrrole nitrogens is 1. The number of hydrogen-bond acceptors (Lipinski definition) is 3. The molecule has 0 saturated heterocycles. The Hall–Kier alpha value is -2.14. The number of carbonyl (C=O) groups excluding carboxylic acids is 1. The minimum absolute atomic E-state index is 0.282. The number of rotatable bonds is 1. The second kappa shape index (κ2) is 3.79. The number of nitrogen functional groups attached to an aromatic ring is 1. The third-order valence-corrected chi connectivity index (χ3v) is 2.37. The molecule has 1 amide bonds. The second-order valence-electron chi connectivity index (χ2n) is 3.57. The van der Waals surface area contributed by atoms with Crippen molar-refractivity contribution in [2.45, 2.75) is 6.92 Å². The second-order valence-corrected chi connectivity index (χ2v) is 3.57. The monoisotopic (exact) mass is 217 g/mol. The maximum atomic E-state index is 11.5. The Balaban J connectivity index is 2.84. The van der Waals surface area contributed by atoms with Gasteiger partial charge in [-0.25, -0.2) is 5.84 Å². The van der Waals surface area contributed by atoms with Crippen LogP contribution < -0.4 is 16.8 Å². The van der Waals surface area contributed by atoms with Crippen LogP contribution in [0.3, 0.4) is 0 Å². The van der Waals surface area contributed by atoms with E-state index in [4.69, 9.17) is 5.84 Å². The number of nitrogens with two attached hydrogens (primary N) is 1. The zero-order valence-corrected chi connectivity index (χ0v) is 8.70. The minimum atomic E-state index is -0.471. The summed E-state index contributed by atoms with van der Waals surface area (Å²) in [4.78, 5) is 25.5. The van der Waals surface area contributed by atoms with Crippen LogP contribution >= 0.6 is 0 Å². The number of amides is 1. The number of aryl methyl sites for hydroxylation is 1. The molecule has 0 radical (unpaired) electrons. The molecule has 0 atom stereocenters. The topological polar surface area (TPSA) is 88.0 Å². The molecule has 0 fully saturated rings. The molecule has 5 heteroatoms. The first-order valence-electron chi connectivity index (χ1n) is 4.76. The van der Waals surface area contributed by atoms with Crippen LogP contribution in [-0.4, -0.2) is 10.9 Å². The summed E-state index contributed by atoms with van der Waals surface area (Å²) in [7, 11) is 0. The maximum Gasteiger partial charge on any atom is 0.266 e. The Morgan fingerprint density at radius 1 is 1.38 bits per heavy atom. The highest BCUT2D eigenvalue weighted by Crippen LogP contribution is 2.16. The third kappa shape index (κ3) is 1.68. The summed E-state index contributed by atoms with van der Waals surface area (Å²) in [5.41, 5.74) is 3.61. The predicted molar refractivity (Wildman–Crippen MR) is 61.0 cm³/mol. The SMILES string of the molecule is Cc1ccc2[nH]c(=O)cc(C(=O)NN)c2c1. The lowest BCUT2D eigenvalue weighted by molar-refractivity contribution is 0.0955. The smallest absolute Gasteiger partial charge is 0.266 e. The molecule has 0 unspecified atom stereocenters. The number of hydrogen-bond donors (Lipinski definition) is 3. The van der Waals surface area contributed by atoms with Crippen LogP contribution in [0, 0.1) is 6.92 Å². The normalized spacial score (nSPS) is 10.4. The van der Waals surface area contributed by atoms with E-state index in [1.807, 2.05) is 24.5 Å².